The van der Waals surface area contributed by atoms with Gasteiger partial charge in [0.2, 0.25) is 0 Å². The van der Waals surface area contributed by atoms with Crippen molar-refractivity contribution in [3.05, 3.63) is 23.0 Å². The monoisotopic (exact) mass is 267 g/mol. The van der Waals surface area contributed by atoms with Gasteiger partial charge in [-0.3, -0.25) is 14.6 Å². The maximum Gasteiger partial charge on any atom is 0.156 e. The molecule has 0 bridgehead atoms. The lowest BCUT2D eigenvalue weighted by Crippen LogP contribution is -2.30. The first-order chi connectivity index (χ1) is 6.57. The molecular weight excluding hydrogens is 257 g/mol. The summed E-state index contributed by atoms with van der Waals surface area (Å²) in [5.41, 5.74) is 0.458. The molecule has 0 amide bonds. The van der Waals surface area contributed by atoms with Crippen LogP contribution in [0.3, 0.4) is 0 Å². The Balaban J connectivity index is 0.00000112. The fourth-order valence-electron chi connectivity index (χ4n) is 1.44. The summed E-state index contributed by atoms with van der Waals surface area (Å²) in [7, 11) is -2.65. The number of pyridine rings is 1. The molecule has 1 aliphatic rings. The number of nitrogens with one attached hydrogen (secondary N) is 2. The molecule has 0 fully saturated rings. The van der Waals surface area contributed by atoms with Crippen LogP contribution < -0.4 is 4.72 Å². The van der Waals surface area contributed by atoms with E-state index in [-0.39, 0.29) is 18.2 Å². The number of halogens is 2. The van der Waals surface area contributed by atoms with Gasteiger partial charge in [-0.1, -0.05) is 18.5 Å². The first-order valence-corrected chi connectivity index (χ1v) is 6.46. The molecule has 1 aliphatic heterocycles. The van der Waals surface area contributed by atoms with Crippen LogP contribution in [0.5, 0.6) is 0 Å². The van der Waals surface area contributed by atoms with Crippen LogP contribution in [0.1, 0.15) is 12.6 Å². The van der Waals surface area contributed by atoms with Crippen LogP contribution in [0.2, 0.25) is 5.02 Å². The third kappa shape index (κ3) is 1.87. The van der Waals surface area contributed by atoms with Crippen LogP contribution in [-0.4, -0.2) is 20.8 Å². The predicted molar refractivity (Wildman–Crippen MR) is 64.8 cm³/mol. The Labute approximate surface area is 99.9 Å². The van der Waals surface area contributed by atoms with E-state index in [0.717, 1.165) is 0 Å². The minimum absolute atomic E-state index is 0. The average molecular weight is 268 g/mol. The van der Waals surface area contributed by atoms with E-state index < -0.39 is 10.1 Å². The van der Waals surface area contributed by atoms with Gasteiger partial charge in [0.05, 0.1) is 9.92 Å². The Hall–Kier alpha value is -0.650. The zero-order chi connectivity index (χ0) is 10.3. The molecule has 0 radical (unpaired) electrons. The Bertz CT molecular complexity index is 463. The van der Waals surface area contributed by atoms with Crippen molar-refractivity contribution in [2.45, 2.75) is 11.8 Å². The first kappa shape index (κ1) is 12.4. The molecule has 0 atom stereocenters. The average Bonchev–Trinajstić information content (AvgIpc) is 2.40. The number of hydrogen-bond donors (Lipinski definition) is 3. The molecule has 2 heterocycles. The summed E-state index contributed by atoms with van der Waals surface area (Å²) < 4.78 is 14.9. The van der Waals surface area contributed by atoms with Crippen molar-refractivity contribution in [1.82, 2.24) is 9.71 Å². The number of thiol groups is 1. The minimum atomic E-state index is -2.65. The smallest absolute Gasteiger partial charge is 0.156 e. The van der Waals surface area contributed by atoms with Crippen molar-refractivity contribution >= 4 is 40.0 Å². The molecule has 0 unspecified atom stereocenters. The first-order valence-electron chi connectivity index (χ1n) is 4.19. The van der Waals surface area contributed by atoms with Gasteiger partial charge >= 0.3 is 0 Å². The number of fused-ring (bicyclic) bond motifs is 1. The minimum Gasteiger partial charge on any atom is -0.306 e. The van der Waals surface area contributed by atoms with E-state index in [0.29, 0.717) is 21.4 Å². The van der Waals surface area contributed by atoms with E-state index in [9.17, 15) is 4.21 Å². The van der Waals surface area contributed by atoms with Gasteiger partial charge in [-0.05, 0) is 16.2 Å². The molecule has 2 rings (SSSR count). The van der Waals surface area contributed by atoms with Crippen molar-refractivity contribution < 1.29 is 4.21 Å². The summed E-state index contributed by atoms with van der Waals surface area (Å²) in [5.74, 6) is 0.589. The second kappa shape index (κ2) is 4.08. The molecule has 0 aliphatic carbocycles. The van der Waals surface area contributed by atoms with Gasteiger partial charge in [0.15, 0.2) is 5.84 Å². The highest BCUT2D eigenvalue weighted by atomic mass is 35.5. The van der Waals surface area contributed by atoms with E-state index in [1.807, 2.05) is 6.92 Å². The topological polar surface area (TPSA) is 65.8 Å². The maximum absolute atomic E-state index is 12.2. The van der Waals surface area contributed by atoms with Crippen molar-refractivity contribution in [1.29, 1.82) is 5.41 Å². The van der Waals surface area contributed by atoms with Crippen molar-refractivity contribution in [3.63, 3.8) is 0 Å². The summed E-state index contributed by atoms with van der Waals surface area (Å²) in [6.07, 6.45) is 1.46. The standard InChI is InChI=1S/C8H10ClN3OS.ClH/c1-2-14(13)6-3-5(9)4-11-7(6)8(10)12-14;/h3-4,14H,2H2,1H3,(H2,10,12,13);1H. The summed E-state index contributed by atoms with van der Waals surface area (Å²) in [6, 6.07) is 1.63. The lowest BCUT2D eigenvalue weighted by Gasteiger charge is -2.16. The van der Waals surface area contributed by atoms with Crippen LogP contribution >= 0.6 is 24.0 Å². The third-order valence-electron chi connectivity index (χ3n) is 2.20. The Morgan fingerprint density at radius 1 is 1.67 bits per heavy atom. The molecule has 1 aromatic rings. The van der Waals surface area contributed by atoms with Crippen molar-refractivity contribution in [2.75, 3.05) is 5.75 Å². The van der Waals surface area contributed by atoms with Gasteiger partial charge < -0.3 is 4.72 Å². The van der Waals surface area contributed by atoms with Gasteiger partial charge in [0, 0.05) is 11.9 Å². The van der Waals surface area contributed by atoms with Crippen LogP contribution in [0.25, 0.3) is 0 Å². The molecule has 15 heavy (non-hydrogen) atoms. The number of hydrogen-bond acceptors (Lipinski definition) is 3. The van der Waals surface area contributed by atoms with Gasteiger partial charge in [-0.25, -0.2) is 0 Å². The fraction of sp³-hybridized carbons (Fsp3) is 0.250. The van der Waals surface area contributed by atoms with E-state index in [1.54, 1.807) is 6.07 Å². The van der Waals surface area contributed by atoms with Crippen LogP contribution in [0, 0.1) is 5.41 Å². The highest BCUT2D eigenvalue weighted by Crippen LogP contribution is 2.28. The van der Waals surface area contributed by atoms with E-state index >= 15 is 0 Å². The molecule has 0 aromatic carbocycles. The second-order valence-corrected chi connectivity index (χ2v) is 6.32. The normalized spacial score (nSPS) is 18.7. The predicted octanol–water partition coefficient (Wildman–Crippen LogP) is 1.40. The van der Waals surface area contributed by atoms with Crippen LogP contribution in [0.15, 0.2) is 17.2 Å². The largest absolute Gasteiger partial charge is 0.306 e. The van der Waals surface area contributed by atoms with Gasteiger partial charge in [0.25, 0.3) is 0 Å². The second-order valence-electron chi connectivity index (χ2n) is 3.06. The van der Waals surface area contributed by atoms with Gasteiger partial charge in [-0.15, -0.1) is 12.4 Å². The summed E-state index contributed by atoms with van der Waals surface area (Å²) in [4.78, 5) is 4.57. The molecular formula is C8H11Cl2N3OS. The van der Waals surface area contributed by atoms with E-state index in [4.69, 9.17) is 17.0 Å². The lowest BCUT2D eigenvalue weighted by molar-refractivity contribution is 0.670. The molecule has 0 saturated heterocycles. The summed E-state index contributed by atoms with van der Waals surface area (Å²) in [5, 5.41) is 8.02. The molecule has 1 aromatic heterocycles. The molecule has 2 N–H and O–H groups in total. The Kier molecular flexibility index (Phi) is 3.38. The highest BCUT2D eigenvalue weighted by molar-refractivity contribution is 8.02. The van der Waals surface area contributed by atoms with Crippen LogP contribution in [0.4, 0.5) is 0 Å². The summed E-state index contributed by atoms with van der Waals surface area (Å²) in [6.45, 7) is 1.82. The van der Waals surface area contributed by atoms with Crippen LogP contribution in [-0.2, 0) is 10.1 Å². The number of aromatic nitrogens is 1. The summed E-state index contributed by atoms with van der Waals surface area (Å²) >= 11 is 5.77. The molecule has 7 heteroatoms. The van der Waals surface area contributed by atoms with Crippen molar-refractivity contribution in [2.24, 2.45) is 0 Å². The maximum atomic E-state index is 12.2. The van der Waals surface area contributed by atoms with E-state index in [1.165, 1.54) is 6.20 Å². The van der Waals surface area contributed by atoms with Gasteiger partial charge in [-0.2, -0.15) is 0 Å². The third-order valence-corrected chi connectivity index (χ3v) is 5.00. The number of rotatable bonds is 1. The quantitative estimate of drug-likeness (QED) is 0.674. The Morgan fingerprint density at radius 2 is 2.33 bits per heavy atom. The zero-order valence-electron chi connectivity index (χ0n) is 7.95. The van der Waals surface area contributed by atoms with E-state index in [2.05, 4.69) is 9.71 Å². The fourth-order valence-corrected chi connectivity index (χ4v) is 3.62. The molecule has 4 nitrogen and oxygen atoms in total. The Morgan fingerprint density at radius 3 is 2.93 bits per heavy atom. The van der Waals surface area contributed by atoms with Gasteiger partial charge in [0.1, 0.15) is 5.69 Å². The number of nitrogens with zero attached hydrogens (tertiary/aromatic N) is 1. The lowest BCUT2D eigenvalue weighted by atomic mass is 10.3. The highest BCUT2D eigenvalue weighted by Gasteiger charge is 2.30. The zero-order valence-corrected chi connectivity index (χ0v) is 10.4. The molecule has 84 valence electrons. The van der Waals surface area contributed by atoms with Crippen molar-refractivity contribution in [3.8, 4) is 0 Å². The molecule has 0 saturated carbocycles. The SMILES string of the molecule is CC[SH]1(=O)NC(=N)c2ncc(Cl)cc21.Cl. The number of amidine groups is 1. The molecule has 0 spiro atoms.